The molecule has 1 saturated carbocycles. The molecule has 0 unspecified atom stereocenters. The van der Waals surface area contributed by atoms with E-state index in [1.54, 1.807) is 0 Å². The van der Waals surface area contributed by atoms with Crippen molar-refractivity contribution in [1.29, 1.82) is 0 Å². The summed E-state index contributed by atoms with van der Waals surface area (Å²) in [7, 11) is 0. The second kappa shape index (κ2) is 7.14. The molecule has 130 valence electrons. The Labute approximate surface area is 145 Å². The number of carbonyl (C=O) groups excluding carboxylic acids is 1. The van der Waals surface area contributed by atoms with E-state index in [9.17, 15) is 4.79 Å². The van der Waals surface area contributed by atoms with Crippen molar-refractivity contribution >= 4 is 11.6 Å². The Kier molecular flexibility index (Phi) is 4.74. The lowest BCUT2D eigenvalue weighted by molar-refractivity contribution is -0.123. The van der Waals surface area contributed by atoms with E-state index in [-0.39, 0.29) is 11.8 Å². The standard InChI is InChI=1S/C20H29N3O/c24-20(19-13-18(19)16-7-9-21-10-8-16)22-14-15-3-5-17(6-4-15)23-11-1-2-12-23/h3-6,16,18-19,21H,1-2,7-14H2,(H,22,24)/t18-,19+/m0/s1. The van der Waals surface area contributed by atoms with Gasteiger partial charge in [0.05, 0.1) is 0 Å². The minimum atomic E-state index is 0.266. The first-order chi connectivity index (χ1) is 11.8. The molecule has 2 N–H and O–H groups in total. The van der Waals surface area contributed by atoms with Crippen LogP contribution in [0, 0.1) is 17.8 Å². The third kappa shape index (κ3) is 3.59. The number of hydrogen-bond acceptors (Lipinski definition) is 3. The fraction of sp³-hybridized carbons (Fsp3) is 0.650. The lowest BCUT2D eigenvalue weighted by Crippen LogP contribution is -2.30. The number of benzene rings is 1. The van der Waals surface area contributed by atoms with Gasteiger partial charge in [0.15, 0.2) is 0 Å². The van der Waals surface area contributed by atoms with Crippen LogP contribution in [0.1, 0.15) is 37.7 Å². The first-order valence-corrected chi connectivity index (χ1v) is 9.63. The maximum Gasteiger partial charge on any atom is 0.223 e. The zero-order valence-corrected chi connectivity index (χ0v) is 14.5. The Morgan fingerprint density at radius 3 is 2.54 bits per heavy atom. The lowest BCUT2D eigenvalue weighted by Gasteiger charge is -2.22. The van der Waals surface area contributed by atoms with Crippen molar-refractivity contribution in [2.24, 2.45) is 17.8 Å². The van der Waals surface area contributed by atoms with Gasteiger partial charge in [-0.25, -0.2) is 0 Å². The predicted octanol–water partition coefficient (Wildman–Crippen LogP) is 2.54. The second-order valence-corrected chi connectivity index (χ2v) is 7.67. The molecule has 1 amide bonds. The Morgan fingerprint density at radius 2 is 1.83 bits per heavy atom. The number of nitrogens with one attached hydrogen (secondary N) is 2. The van der Waals surface area contributed by atoms with Crippen LogP contribution in [0.3, 0.4) is 0 Å². The largest absolute Gasteiger partial charge is 0.372 e. The number of amides is 1. The van der Waals surface area contributed by atoms with Gasteiger partial charge in [0.25, 0.3) is 0 Å². The van der Waals surface area contributed by atoms with Crippen LogP contribution in [0.25, 0.3) is 0 Å². The van der Waals surface area contributed by atoms with Crippen LogP contribution in [-0.4, -0.2) is 32.1 Å². The van der Waals surface area contributed by atoms with Gasteiger partial charge in [-0.05, 0) is 74.7 Å². The zero-order valence-electron chi connectivity index (χ0n) is 14.5. The molecule has 2 heterocycles. The van der Waals surface area contributed by atoms with Crippen LogP contribution >= 0.6 is 0 Å². The molecular formula is C20H29N3O. The highest BCUT2D eigenvalue weighted by Gasteiger charge is 2.47. The maximum atomic E-state index is 12.4. The molecule has 24 heavy (non-hydrogen) atoms. The van der Waals surface area contributed by atoms with Crippen LogP contribution in [0.2, 0.25) is 0 Å². The van der Waals surface area contributed by atoms with Crippen molar-refractivity contribution < 1.29 is 4.79 Å². The topological polar surface area (TPSA) is 44.4 Å². The summed E-state index contributed by atoms with van der Waals surface area (Å²) in [6.07, 6.45) is 6.19. The van der Waals surface area contributed by atoms with E-state index in [1.807, 2.05) is 0 Å². The van der Waals surface area contributed by atoms with Gasteiger partial charge >= 0.3 is 0 Å². The Morgan fingerprint density at radius 1 is 1.12 bits per heavy atom. The van der Waals surface area contributed by atoms with Gasteiger partial charge < -0.3 is 15.5 Å². The fourth-order valence-electron chi connectivity index (χ4n) is 4.43. The molecule has 3 fully saturated rings. The Hall–Kier alpha value is -1.55. The Bertz CT molecular complexity index is 559. The molecule has 0 aromatic heterocycles. The number of nitrogens with zero attached hydrogens (tertiary/aromatic N) is 1. The minimum Gasteiger partial charge on any atom is -0.372 e. The summed E-state index contributed by atoms with van der Waals surface area (Å²) in [5, 5.41) is 6.56. The average molecular weight is 327 g/mol. The van der Waals surface area contributed by atoms with Crippen molar-refractivity contribution in [3.05, 3.63) is 29.8 Å². The number of hydrogen-bond donors (Lipinski definition) is 2. The second-order valence-electron chi connectivity index (χ2n) is 7.67. The molecular weight excluding hydrogens is 298 g/mol. The maximum absolute atomic E-state index is 12.4. The van der Waals surface area contributed by atoms with Gasteiger partial charge in [-0.3, -0.25) is 4.79 Å². The molecule has 3 aliphatic rings. The van der Waals surface area contributed by atoms with E-state index in [1.165, 1.54) is 50.0 Å². The van der Waals surface area contributed by atoms with Crippen LogP contribution in [0.4, 0.5) is 5.69 Å². The Balaban J connectivity index is 1.24. The monoisotopic (exact) mass is 327 g/mol. The van der Waals surface area contributed by atoms with Crippen LogP contribution < -0.4 is 15.5 Å². The van der Waals surface area contributed by atoms with Gasteiger partial charge in [-0.15, -0.1) is 0 Å². The van der Waals surface area contributed by atoms with Crippen molar-refractivity contribution in [2.45, 2.75) is 38.6 Å². The van der Waals surface area contributed by atoms with Gasteiger partial charge in [-0.1, -0.05) is 12.1 Å². The van der Waals surface area contributed by atoms with Crippen molar-refractivity contribution in [2.75, 3.05) is 31.1 Å². The van der Waals surface area contributed by atoms with E-state index < -0.39 is 0 Å². The number of rotatable bonds is 5. The summed E-state index contributed by atoms with van der Waals surface area (Å²) in [6.45, 7) is 5.26. The highest BCUT2D eigenvalue weighted by atomic mass is 16.2. The molecule has 1 aromatic rings. The van der Waals surface area contributed by atoms with Gasteiger partial charge in [-0.2, -0.15) is 0 Å². The molecule has 0 spiro atoms. The van der Waals surface area contributed by atoms with E-state index in [2.05, 4.69) is 39.8 Å². The van der Waals surface area contributed by atoms with Crippen LogP contribution in [-0.2, 0) is 11.3 Å². The number of piperidine rings is 1. The summed E-state index contributed by atoms with van der Waals surface area (Å²) in [5.41, 5.74) is 2.51. The van der Waals surface area contributed by atoms with E-state index in [0.717, 1.165) is 25.4 Å². The average Bonchev–Trinajstić information content (AvgIpc) is 3.26. The molecule has 2 saturated heterocycles. The van der Waals surface area contributed by atoms with Crippen molar-refractivity contribution in [1.82, 2.24) is 10.6 Å². The number of anilines is 1. The van der Waals surface area contributed by atoms with E-state index in [4.69, 9.17) is 0 Å². The molecule has 4 nitrogen and oxygen atoms in total. The first-order valence-electron chi connectivity index (χ1n) is 9.63. The molecule has 1 aliphatic carbocycles. The third-order valence-electron chi connectivity index (χ3n) is 6.04. The van der Waals surface area contributed by atoms with Gasteiger partial charge in [0.1, 0.15) is 0 Å². The summed E-state index contributed by atoms with van der Waals surface area (Å²) in [5.74, 6) is 1.95. The molecule has 2 atom stereocenters. The molecule has 0 radical (unpaired) electrons. The zero-order chi connectivity index (χ0) is 16.4. The number of carbonyl (C=O) groups is 1. The highest BCUT2D eigenvalue weighted by molar-refractivity contribution is 5.81. The first kappa shape index (κ1) is 15.9. The highest BCUT2D eigenvalue weighted by Crippen LogP contribution is 2.47. The minimum absolute atomic E-state index is 0.266. The fourth-order valence-corrected chi connectivity index (χ4v) is 4.43. The summed E-state index contributed by atoms with van der Waals surface area (Å²) in [4.78, 5) is 14.8. The van der Waals surface area contributed by atoms with Crippen LogP contribution in [0.15, 0.2) is 24.3 Å². The molecule has 4 rings (SSSR count). The molecule has 1 aromatic carbocycles. The van der Waals surface area contributed by atoms with Crippen LogP contribution in [0.5, 0.6) is 0 Å². The quantitative estimate of drug-likeness (QED) is 0.873. The smallest absolute Gasteiger partial charge is 0.223 e. The summed E-state index contributed by atoms with van der Waals surface area (Å²) >= 11 is 0. The summed E-state index contributed by atoms with van der Waals surface area (Å²) in [6, 6.07) is 8.71. The van der Waals surface area contributed by atoms with E-state index in [0.29, 0.717) is 12.5 Å². The SMILES string of the molecule is O=C(NCc1ccc(N2CCCC2)cc1)[C@@H]1C[C@H]1C1CCNCC1. The normalized spacial score (nSPS) is 27.2. The third-order valence-corrected chi connectivity index (χ3v) is 6.04. The van der Waals surface area contributed by atoms with Gasteiger partial charge in [0.2, 0.25) is 5.91 Å². The molecule has 2 aliphatic heterocycles. The lowest BCUT2D eigenvalue weighted by atomic mass is 9.92. The molecule has 0 bridgehead atoms. The predicted molar refractivity (Wildman–Crippen MR) is 96.9 cm³/mol. The molecule has 4 heteroatoms. The van der Waals surface area contributed by atoms with Crippen molar-refractivity contribution in [3.8, 4) is 0 Å². The van der Waals surface area contributed by atoms with E-state index >= 15 is 0 Å². The van der Waals surface area contributed by atoms with Crippen molar-refractivity contribution in [3.63, 3.8) is 0 Å². The van der Waals surface area contributed by atoms with Gasteiger partial charge in [0, 0.05) is 31.2 Å². The summed E-state index contributed by atoms with van der Waals surface area (Å²) < 4.78 is 0.